The summed E-state index contributed by atoms with van der Waals surface area (Å²) in [5, 5.41) is 21.7. The first-order valence-electron chi connectivity index (χ1n) is 14.1. The zero-order valence-electron chi connectivity index (χ0n) is 26.0. The first kappa shape index (κ1) is 33.5. The van der Waals surface area contributed by atoms with Crippen LogP contribution in [-0.4, -0.2) is 73.0 Å². The first-order chi connectivity index (χ1) is 21.2. The van der Waals surface area contributed by atoms with E-state index in [1.54, 1.807) is 20.8 Å². The van der Waals surface area contributed by atoms with Crippen LogP contribution in [0.1, 0.15) is 51.3 Å². The monoisotopic (exact) mass is 645 g/mol. The van der Waals surface area contributed by atoms with Crippen molar-refractivity contribution in [3.8, 4) is 10.8 Å². The van der Waals surface area contributed by atoms with Crippen molar-refractivity contribution in [1.29, 1.82) is 0 Å². The van der Waals surface area contributed by atoms with Crippen molar-refractivity contribution < 1.29 is 28.7 Å². The summed E-state index contributed by atoms with van der Waals surface area (Å²) in [5.74, 6) is -1.52. The van der Waals surface area contributed by atoms with Crippen molar-refractivity contribution in [2.24, 2.45) is 0 Å². The van der Waals surface area contributed by atoms with Crippen molar-refractivity contribution in [2.75, 3.05) is 20.8 Å². The Balaban J connectivity index is 1.99. The first-order valence-corrected chi connectivity index (χ1v) is 14.9. The third-order valence-corrected chi connectivity index (χ3v) is 8.49. The maximum absolute atomic E-state index is 14.6. The van der Waals surface area contributed by atoms with E-state index in [0.717, 1.165) is 15.9 Å². The summed E-state index contributed by atoms with van der Waals surface area (Å²) in [6, 6.07) is 3.54. The lowest BCUT2D eigenvalue weighted by Crippen LogP contribution is -2.56. The summed E-state index contributed by atoms with van der Waals surface area (Å²) in [7, 11) is 2.57. The number of rotatable bonds is 12. The van der Waals surface area contributed by atoms with Crippen LogP contribution < -0.4 is 21.3 Å². The molecule has 16 heteroatoms. The van der Waals surface area contributed by atoms with Crippen LogP contribution in [0.25, 0.3) is 15.2 Å². The molecule has 4 rings (SSSR count). The van der Waals surface area contributed by atoms with Crippen molar-refractivity contribution in [3.05, 3.63) is 68.4 Å². The number of ether oxygens (including phenoxy) is 2. The van der Waals surface area contributed by atoms with E-state index in [1.807, 2.05) is 0 Å². The van der Waals surface area contributed by atoms with Gasteiger partial charge in [0.1, 0.15) is 33.0 Å². The van der Waals surface area contributed by atoms with Gasteiger partial charge in [0, 0.05) is 24.2 Å². The zero-order chi connectivity index (χ0) is 33.2. The third-order valence-electron chi connectivity index (χ3n) is 7.21. The quantitative estimate of drug-likeness (QED) is 0.174. The predicted octanol–water partition coefficient (Wildman–Crippen LogP) is 2.52. The smallest absolute Gasteiger partial charge is 0.333 e. The van der Waals surface area contributed by atoms with Gasteiger partial charge >= 0.3 is 5.69 Å². The van der Waals surface area contributed by atoms with E-state index in [0.29, 0.717) is 15.6 Å². The van der Waals surface area contributed by atoms with E-state index in [-0.39, 0.29) is 47.1 Å². The molecule has 1 atom stereocenters. The minimum Gasteiger partial charge on any atom is -0.496 e. The highest BCUT2D eigenvalue weighted by molar-refractivity contribution is 7.21. The van der Waals surface area contributed by atoms with Gasteiger partial charge in [-0.3, -0.25) is 24.2 Å². The van der Waals surface area contributed by atoms with Crippen molar-refractivity contribution >= 4 is 33.4 Å². The maximum atomic E-state index is 14.6. The molecule has 4 aromatic rings. The minimum atomic E-state index is -1.63. The van der Waals surface area contributed by atoms with Gasteiger partial charge in [0.2, 0.25) is 11.8 Å². The normalized spacial score (nSPS) is 12.5. The molecule has 0 spiro atoms. The van der Waals surface area contributed by atoms with Gasteiger partial charge in [0.05, 0.1) is 44.5 Å². The Bertz CT molecular complexity index is 1830. The second kappa shape index (κ2) is 13.3. The lowest BCUT2D eigenvalue weighted by molar-refractivity contribution is -0.160. The highest BCUT2D eigenvalue weighted by Crippen LogP contribution is 2.34. The van der Waals surface area contributed by atoms with Crippen LogP contribution in [0.2, 0.25) is 0 Å². The predicted molar refractivity (Wildman–Crippen MR) is 163 cm³/mol. The van der Waals surface area contributed by atoms with Gasteiger partial charge < -0.3 is 14.8 Å². The van der Waals surface area contributed by atoms with Crippen LogP contribution in [-0.2, 0) is 26.4 Å². The molecule has 242 valence electrons. The average Bonchev–Trinajstić information content (AvgIpc) is 3.61. The Morgan fingerprint density at radius 2 is 1.87 bits per heavy atom. The molecule has 1 aromatic carbocycles. The lowest BCUT2D eigenvalue weighted by Gasteiger charge is -2.28. The fourth-order valence-electron chi connectivity index (χ4n) is 4.85. The number of aromatic nitrogens is 5. The Hall–Kier alpha value is -4.41. The molecule has 0 saturated heterocycles. The van der Waals surface area contributed by atoms with Crippen molar-refractivity contribution in [2.45, 2.75) is 65.3 Å². The number of amides is 2. The Kier molecular flexibility index (Phi) is 9.89. The number of nitrogens with one attached hydrogen (secondary N) is 1. The van der Waals surface area contributed by atoms with Crippen LogP contribution in [0.4, 0.5) is 4.39 Å². The van der Waals surface area contributed by atoms with Gasteiger partial charge in [-0.1, -0.05) is 11.3 Å². The van der Waals surface area contributed by atoms with Gasteiger partial charge in [-0.25, -0.2) is 18.8 Å². The largest absolute Gasteiger partial charge is 0.496 e. The molecule has 45 heavy (non-hydrogen) atoms. The molecular formula is C29H36FN7O7S. The molecule has 14 nitrogen and oxygen atoms in total. The maximum Gasteiger partial charge on any atom is 0.333 e. The summed E-state index contributed by atoms with van der Waals surface area (Å²) in [6.07, 6.45) is 1.64. The Morgan fingerprint density at radius 1 is 1.20 bits per heavy atom. The molecule has 0 bridgehead atoms. The van der Waals surface area contributed by atoms with E-state index in [1.165, 1.54) is 68.0 Å². The van der Waals surface area contributed by atoms with Gasteiger partial charge in [-0.2, -0.15) is 10.2 Å². The summed E-state index contributed by atoms with van der Waals surface area (Å²) in [6.45, 7) is 7.69. The molecule has 0 aliphatic rings. The Morgan fingerprint density at radius 3 is 2.47 bits per heavy atom. The van der Waals surface area contributed by atoms with Crippen LogP contribution >= 0.6 is 11.3 Å². The summed E-state index contributed by atoms with van der Waals surface area (Å²) in [4.78, 5) is 55.5. The highest BCUT2D eigenvalue weighted by Gasteiger charge is 2.36. The number of benzene rings is 1. The summed E-state index contributed by atoms with van der Waals surface area (Å²) in [5.41, 5.74) is -2.40. The van der Waals surface area contributed by atoms with E-state index in [2.05, 4.69) is 15.5 Å². The number of aryl methyl sites for hydroxylation is 1. The standard InChI is InChI=1S/C29H36FN7O7S/c1-16(2)33-27(40)29(4,5)36-24(39)23-17(3)25(37-31-11-12-32-37)45-26(23)35(28(36)41)15-21(44-13-10-22(38)34(6)42)19-14-18(30)8-9-20(19)43-7/h8-9,11-12,14,16,21,42H,10,13,15H2,1-7H3,(H,33,40)/t21-/m0/s1. The molecule has 3 aromatic heterocycles. The number of fused-ring (bicyclic) bond motifs is 1. The molecule has 0 saturated carbocycles. The molecular weight excluding hydrogens is 609 g/mol. The number of hydrogen-bond acceptors (Lipinski definition) is 10. The molecule has 0 unspecified atom stereocenters. The van der Waals surface area contributed by atoms with Gasteiger partial charge in [-0.05, 0) is 52.8 Å². The number of carbonyl (C=O) groups is 2. The minimum absolute atomic E-state index is 0.166. The second-order valence-corrected chi connectivity index (χ2v) is 12.1. The van der Waals surface area contributed by atoms with Crippen molar-refractivity contribution in [1.82, 2.24) is 34.5 Å². The molecule has 0 radical (unpaired) electrons. The van der Waals surface area contributed by atoms with Gasteiger partial charge in [0.15, 0.2) is 0 Å². The summed E-state index contributed by atoms with van der Waals surface area (Å²) < 4.78 is 28.3. The second-order valence-electron chi connectivity index (χ2n) is 11.2. The van der Waals surface area contributed by atoms with E-state index >= 15 is 0 Å². The lowest BCUT2D eigenvalue weighted by atomic mass is 10.0. The molecule has 0 aliphatic heterocycles. The SMILES string of the molecule is COc1ccc(F)cc1[C@H](Cn1c(=O)n(C(C)(C)C(=O)NC(C)C)c(=O)c2c(C)c(-n3nccn3)sc21)OCCC(=O)N(C)O. The van der Waals surface area contributed by atoms with Crippen LogP contribution in [0, 0.1) is 12.7 Å². The van der Waals surface area contributed by atoms with Crippen LogP contribution in [0.3, 0.4) is 0 Å². The van der Waals surface area contributed by atoms with Crippen LogP contribution in [0.15, 0.2) is 40.2 Å². The number of hydroxylamine groups is 2. The molecule has 3 heterocycles. The number of methoxy groups -OCH3 is 1. The number of thiophene rings is 1. The molecule has 0 aliphatic carbocycles. The number of halogens is 1. The number of carbonyl (C=O) groups excluding carboxylic acids is 2. The highest BCUT2D eigenvalue weighted by atomic mass is 32.1. The number of nitrogens with zero attached hydrogens (tertiary/aromatic N) is 6. The van der Waals surface area contributed by atoms with Crippen molar-refractivity contribution in [3.63, 3.8) is 0 Å². The van der Waals surface area contributed by atoms with Gasteiger partial charge in [0.25, 0.3) is 5.56 Å². The summed E-state index contributed by atoms with van der Waals surface area (Å²) >= 11 is 1.09. The fraction of sp³-hybridized carbons (Fsp3) is 0.448. The molecule has 2 amide bonds. The van der Waals surface area contributed by atoms with Crippen LogP contribution in [0.5, 0.6) is 5.75 Å². The molecule has 0 fully saturated rings. The average molecular weight is 646 g/mol. The third kappa shape index (κ3) is 6.67. The van der Waals surface area contributed by atoms with E-state index < -0.39 is 40.5 Å². The number of hydrogen-bond donors (Lipinski definition) is 2. The topological polar surface area (TPSA) is 163 Å². The molecule has 2 N–H and O–H groups in total. The fourth-order valence-corrected chi connectivity index (χ4v) is 6.07. The Labute approximate surface area is 261 Å². The van der Waals surface area contributed by atoms with E-state index in [9.17, 15) is 28.8 Å². The zero-order valence-corrected chi connectivity index (χ0v) is 26.8. The van der Waals surface area contributed by atoms with Gasteiger partial charge in [-0.15, -0.1) is 4.80 Å². The van der Waals surface area contributed by atoms with E-state index in [4.69, 9.17) is 9.47 Å².